The van der Waals surface area contributed by atoms with Crippen LogP contribution in [0, 0.1) is 5.82 Å². The number of nitrogens with zero attached hydrogens (tertiary/aromatic N) is 2. The number of benzene rings is 1. The summed E-state index contributed by atoms with van der Waals surface area (Å²) in [5.74, 6) is -1.09. The van der Waals surface area contributed by atoms with Crippen LogP contribution in [0.3, 0.4) is 0 Å². The molecule has 1 amide bonds. The first-order valence-corrected chi connectivity index (χ1v) is 5.56. The number of imidazole rings is 1. The van der Waals surface area contributed by atoms with Crippen molar-refractivity contribution in [3.8, 4) is 0 Å². The van der Waals surface area contributed by atoms with E-state index in [0.717, 1.165) is 0 Å². The Hall–Kier alpha value is -1.82. The van der Waals surface area contributed by atoms with Gasteiger partial charge in [-0.05, 0) is 19.9 Å². The van der Waals surface area contributed by atoms with Crippen LogP contribution in [0.5, 0.6) is 0 Å². The molecule has 0 fully saturated rings. The molecule has 0 aliphatic rings. The van der Waals surface area contributed by atoms with Gasteiger partial charge in [0.2, 0.25) is 11.9 Å². The van der Waals surface area contributed by atoms with Crippen molar-refractivity contribution in [3.63, 3.8) is 0 Å². The first-order valence-electron chi connectivity index (χ1n) is 5.18. The lowest BCUT2D eigenvalue weighted by Crippen LogP contribution is -2.41. The third-order valence-electron chi connectivity index (χ3n) is 2.88. The first kappa shape index (κ1) is 12.6. The van der Waals surface area contributed by atoms with Crippen molar-refractivity contribution in [1.29, 1.82) is 0 Å². The Morgan fingerprint density at radius 2 is 2.11 bits per heavy atom. The van der Waals surface area contributed by atoms with Crippen molar-refractivity contribution < 1.29 is 9.18 Å². The summed E-state index contributed by atoms with van der Waals surface area (Å²) in [7, 11) is 0. The van der Waals surface area contributed by atoms with Crippen molar-refractivity contribution in [2.45, 2.75) is 19.4 Å². The SMILES string of the molecule is CC(C)(C(N)=O)n1c(N)nc2cc(F)c(Cl)cc21. The number of anilines is 1. The number of amides is 1. The quantitative estimate of drug-likeness (QED) is 0.869. The van der Waals surface area contributed by atoms with Crippen LogP contribution in [0.25, 0.3) is 11.0 Å². The molecule has 1 heterocycles. The van der Waals surface area contributed by atoms with E-state index in [1.165, 1.54) is 16.7 Å². The van der Waals surface area contributed by atoms with Gasteiger partial charge in [-0.2, -0.15) is 0 Å². The summed E-state index contributed by atoms with van der Waals surface area (Å²) in [6.45, 7) is 3.20. The Morgan fingerprint density at radius 1 is 1.50 bits per heavy atom. The van der Waals surface area contributed by atoms with E-state index in [1.54, 1.807) is 13.8 Å². The molecule has 0 aliphatic heterocycles. The summed E-state index contributed by atoms with van der Waals surface area (Å²) in [5.41, 5.74) is 10.8. The lowest BCUT2D eigenvalue weighted by Gasteiger charge is -2.24. The minimum Gasteiger partial charge on any atom is -0.369 e. The van der Waals surface area contributed by atoms with Gasteiger partial charge in [0.15, 0.2) is 0 Å². The van der Waals surface area contributed by atoms with Gasteiger partial charge in [0.25, 0.3) is 0 Å². The number of primary amides is 1. The number of carbonyl (C=O) groups is 1. The number of rotatable bonds is 2. The molecule has 2 rings (SSSR count). The van der Waals surface area contributed by atoms with Crippen LogP contribution < -0.4 is 11.5 Å². The lowest BCUT2D eigenvalue weighted by molar-refractivity contribution is -0.124. The first-order chi connectivity index (χ1) is 8.25. The van der Waals surface area contributed by atoms with Gasteiger partial charge in [-0.3, -0.25) is 9.36 Å². The summed E-state index contributed by atoms with van der Waals surface area (Å²) in [4.78, 5) is 15.5. The molecule has 2 aromatic rings. The largest absolute Gasteiger partial charge is 0.369 e. The number of halogens is 2. The van der Waals surface area contributed by atoms with E-state index < -0.39 is 17.3 Å². The Kier molecular flexibility index (Phi) is 2.70. The van der Waals surface area contributed by atoms with Gasteiger partial charge >= 0.3 is 0 Å². The minimum atomic E-state index is -1.08. The summed E-state index contributed by atoms with van der Waals surface area (Å²) >= 11 is 5.73. The average molecular weight is 271 g/mol. The number of hydrogen-bond donors (Lipinski definition) is 2. The van der Waals surface area contributed by atoms with Crippen molar-refractivity contribution in [1.82, 2.24) is 9.55 Å². The molecule has 0 aliphatic carbocycles. The highest BCUT2D eigenvalue weighted by Crippen LogP contribution is 2.30. The van der Waals surface area contributed by atoms with E-state index in [9.17, 15) is 9.18 Å². The number of aromatic nitrogens is 2. The zero-order valence-corrected chi connectivity index (χ0v) is 10.6. The number of hydrogen-bond acceptors (Lipinski definition) is 3. The predicted molar refractivity (Wildman–Crippen MR) is 67.6 cm³/mol. The van der Waals surface area contributed by atoms with Gasteiger partial charge in [0, 0.05) is 6.07 Å². The molecule has 0 saturated carbocycles. The molecule has 96 valence electrons. The maximum Gasteiger partial charge on any atom is 0.243 e. The topological polar surface area (TPSA) is 86.9 Å². The van der Waals surface area contributed by atoms with E-state index in [-0.39, 0.29) is 11.0 Å². The maximum absolute atomic E-state index is 13.3. The highest BCUT2D eigenvalue weighted by molar-refractivity contribution is 6.31. The van der Waals surface area contributed by atoms with Gasteiger partial charge in [-0.25, -0.2) is 9.37 Å². The van der Waals surface area contributed by atoms with Crippen LogP contribution in [0.4, 0.5) is 10.3 Å². The molecule has 0 radical (unpaired) electrons. The van der Waals surface area contributed by atoms with Gasteiger partial charge in [0.05, 0.1) is 16.1 Å². The Labute approximate surface area is 108 Å². The van der Waals surface area contributed by atoms with E-state index in [1.807, 2.05) is 0 Å². The van der Waals surface area contributed by atoms with Crippen LogP contribution >= 0.6 is 11.6 Å². The fourth-order valence-corrected chi connectivity index (χ4v) is 1.95. The summed E-state index contributed by atoms with van der Waals surface area (Å²) in [5, 5.41) is -0.0658. The van der Waals surface area contributed by atoms with E-state index in [4.69, 9.17) is 23.1 Å². The highest BCUT2D eigenvalue weighted by Gasteiger charge is 2.31. The van der Waals surface area contributed by atoms with Crippen LogP contribution in [0.1, 0.15) is 13.8 Å². The number of nitrogen functional groups attached to an aromatic ring is 1. The molecular formula is C11H12ClFN4O. The van der Waals surface area contributed by atoms with E-state index >= 15 is 0 Å². The Bertz CT molecular complexity index is 650. The molecule has 0 unspecified atom stereocenters. The Morgan fingerprint density at radius 3 is 2.67 bits per heavy atom. The molecule has 7 heteroatoms. The summed E-state index contributed by atoms with van der Waals surface area (Å²) in [6, 6.07) is 2.54. The number of nitrogens with two attached hydrogens (primary N) is 2. The van der Waals surface area contributed by atoms with Gasteiger partial charge in [0.1, 0.15) is 11.4 Å². The van der Waals surface area contributed by atoms with E-state index in [0.29, 0.717) is 11.0 Å². The zero-order valence-electron chi connectivity index (χ0n) is 9.87. The van der Waals surface area contributed by atoms with Crippen molar-refractivity contribution in [3.05, 3.63) is 23.0 Å². The molecule has 18 heavy (non-hydrogen) atoms. The van der Waals surface area contributed by atoms with Crippen molar-refractivity contribution in [2.75, 3.05) is 5.73 Å². The summed E-state index contributed by atoms with van der Waals surface area (Å²) in [6.07, 6.45) is 0. The molecule has 0 atom stereocenters. The standard InChI is InChI=1S/C11H12ClFN4O/c1-11(2,9(14)18)17-8-3-5(12)6(13)4-7(8)16-10(17)15/h3-4H,1-2H3,(H2,14,18)(H2,15,16). The van der Waals surface area contributed by atoms with Gasteiger partial charge in [-0.15, -0.1) is 0 Å². The second kappa shape index (κ2) is 3.84. The molecule has 1 aromatic heterocycles. The fraction of sp³-hybridized carbons (Fsp3) is 0.273. The van der Waals surface area contributed by atoms with E-state index in [2.05, 4.69) is 4.98 Å². The third-order valence-corrected chi connectivity index (χ3v) is 3.17. The fourth-order valence-electron chi connectivity index (χ4n) is 1.79. The Balaban J connectivity index is 2.83. The average Bonchev–Trinajstić information content (AvgIpc) is 2.54. The monoisotopic (exact) mass is 270 g/mol. The smallest absolute Gasteiger partial charge is 0.243 e. The van der Waals surface area contributed by atoms with Crippen LogP contribution in [-0.2, 0) is 10.3 Å². The summed E-state index contributed by atoms with van der Waals surface area (Å²) < 4.78 is 14.8. The number of carbonyl (C=O) groups excluding carboxylic acids is 1. The normalized spacial score (nSPS) is 12.0. The minimum absolute atomic E-state index is 0.0658. The van der Waals surface area contributed by atoms with Crippen LogP contribution in [-0.4, -0.2) is 15.5 Å². The second-order valence-corrected chi connectivity index (χ2v) is 4.89. The molecule has 1 aromatic carbocycles. The van der Waals surface area contributed by atoms with Crippen LogP contribution in [0.2, 0.25) is 5.02 Å². The highest BCUT2D eigenvalue weighted by atomic mass is 35.5. The molecule has 0 bridgehead atoms. The third kappa shape index (κ3) is 1.69. The van der Waals surface area contributed by atoms with Crippen molar-refractivity contribution in [2.24, 2.45) is 5.73 Å². The molecule has 5 nitrogen and oxygen atoms in total. The predicted octanol–water partition coefficient (Wildman–Crippen LogP) is 1.63. The van der Waals surface area contributed by atoms with Gasteiger partial charge in [-0.1, -0.05) is 11.6 Å². The molecule has 0 spiro atoms. The van der Waals surface area contributed by atoms with Crippen molar-refractivity contribution >= 4 is 34.5 Å². The molecular weight excluding hydrogens is 259 g/mol. The maximum atomic E-state index is 13.3. The number of fused-ring (bicyclic) bond motifs is 1. The molecule has 0 saturated heterocycles. The van der Waals surface area contributed by atoms with Crippen LogP contribution in [0.15, 0.2) is 12.1 Å². The van der Waals surface area contributed by atoms with Gasteiger partial charge < -0.3 is 11.5 Å². The molecule has 4 N–H and O–H groups in total. The second-order valence-electron chi connectivity index (χ2n) is 4.48. The zero-order chi connectivity index (χ0) is 13.7. The lowest BCUT2D eigenvalue weighted by atomic mass is 10.0.